The average Bonchev–Trinajstić information content (AvgIpc) is 3.05. The van der Waals surface area contributed by atoms with Gasteiger partial charge in [-0.3, -0.25) is 9.78 Å². The van der Waals surface area contributed by atoms with Crippen molar-refractivity contribution in [1.82, 2.24) is 10.3 Å². The number of aromatic nitrogens is 1. The number of para-hydroxylation sites is 1. The minimum Gasteiger partial charge on any atom is -0.465 e. The van der Waals surface area contributed by atoms with Crippen LogP contribution in [0.4, 0.5) is 5.69 Å². The fraction of sp³-hybridized carbons (Fsp3) is 0.130. The Balaban J connectivity index is 2.02. The maximum atomic E-state index is 13.0. The van der Waals surface area contributed by atoms with Crippen LogP contribution in [0.15, 0.2) is 84.5 Å². The van der Waals surface area contributed by atoms with E-state index in [0.29, 0.717) is 11.3 Å². The van der Waals surface area contributed by atoms with Gasteiger partial charge in [0.15, 0.2) is 0 Å². The van der Waals surface area contributed by atoms with Gasteiger partial charge in [-0.05, 0) is 35.9 Å². The number of esters is 2. The van der Waals surface area contributed by atoms with Gasteiger partial charge in [0, 0.05) is 25.1 Å². The summed E-state index contributed by atoms with van der Waals surface area (Å²) in [4.78, 5) is 43.4. The lowest BCUT2D eigenvalue weighted by molar-refractivity contribution is -0.139. The maximum Gasteiger partial charge on any atom is 0.355 e. The minimum absolute atomic E-state index is 0.00456. The molecule has 0 saturated carbocycles. The monoisotopic (exact) mass is 419 g/mol. The minimum atomic E-state index is -0.748. The Hall–Kier alpha value is -4.20. The van der Waals surface area contributed by atoms with Crippen molar-refractivity contribution < 1.29 is 23.9 Å². The van der Waals surface area contributed by atoms with E-state index in [9.17, 15) is 14.4 Å². The van der Waals surface area contributed by atoms with Gasteiger partial charge in [-0.15, -0.1) is 0 Å². The maximum absolute atomic E-state index is 13.0. The molecule has 1 aliphatic heterocycles. The molecule has 1 aliphatic rings. The molecular weight excluding hydrogens is 398 g/mol. The summed E-state index contributed by atoms with van der Waals surface area (Å²) in [5.41, 5.74) is 1.49. The van der Waals surface area contributed by atoms with Gasteiger partial charge in [0.1, 0.15) is 5.70 Å². The summed E-state index contributed by atoms with van der Waals surface area (Å²) < 4.78 is 9.73. The van der Waals surface area contributed by atoms with Crippen LogP contribution in [0.5, 0.6) is 0 Å². The highest BCUT2D eigenvalue weighted by molar-refractivity contribution is 6.07. The smallest absolute Gasteiger partial charge is 0.355 e. The summed E-state index contributed by atoms with van der Waals surface area (Å²) >= 11 is 0. The van der Waals surface area contributed by atoms with E-state index >= 15 is 0 Å². The van der Waals surface area contributed by atoms with Crippen molar-refractivity contribution in [2.45, 2.75) is 6.54 Å². The third kappa shape index (κ3) is 4.87. The van der Waals surface area contributed by atoms with Crippen molar-refractivity contribution in [2.75, 3.05) is 19.1 Å². The second-order valence-electron chi connectivity index (χ2n) is 6.38. The van der Waals surface area contributed by atoms with Gasteiger partial charge in [-0.2, -0.15) is 0 Å². The largest absolute Gasteiger partial charge is 0.465 e. The van der Waals surface area contributed by atoms with E-state index in [0.717, 1.165) is 5.56 Å². The van der Waals surface area contributed by atoms with Crippen molar-refractivity contribution in [3.8, 4) is 0 Å². The van der Waals surface area contributed by atoms with E-state index in [1.807, 2.05) is 6.07 Å². The topological polar surface area (TPSA) is 97.8 Å². The van der Waals surface area contributed by atoms with Gasteiger partial charge >= 0.3 is 11.9 Å². The molecule has 0 radical (unpaired) electrons. The predicted octanol–water partition coefficient (Wildman–Crippen LogP) is 2.50. The number of ether oxygens (including phenoxy) is 2. The van der Waals surface area contributed by atoms with E-state index in [4.69, 9.17) is 9.47 Å². The highest BCUT2D eigenvalue weighted by Crippen LogP contribution is 2.29. The molecule has 158 valence electrons. The zero-order chi connectivity index (χ0) is 22.2. The van der Waals surface area contributed by atoms with E-state index in [-0.39, 0.29) is 23.7 Å². The van der Waals surface area contributed by atoms with E-state index in [1.54, 1.807) is 61.1 Å². The van der Waals surface area contributed by atoms with Gasteiger partial charge in [0.2, 0.25) is 0 Å². The Morgan fingerprint density at radius 2 is 1.77 bits per heavy atom. The highest BCUT2D eigenvalue weighted by Gasteiger charge is 2.29. The Kier molecular flexibility index (Phi) is 6.95. The molecule has 0 bridgehead atoms. The molecule has 0 unspecified atom stereocenters. The van der Waals surface area contributed by atoms with Crippen molar-refractivity contribution in [3.05, 3.63) is 95.6 Å². The molecular formula is C23H21N3O5. The molecule has 0 aliphatic carbocycles. The summed E-state index contributed by atoms with van der Waals surface area (Å²) in [6.07, 6.45) is 9.59. The number of hydrogen-bond acceptors (Lipinski definition) is 7. The number of allylic oxidation sites excluding steroid dienone is 2. The summed E-state index contributed by atoms with van der Waals surface area (Å²) in [6.45, 7) is 0.283. The molecule has 8 heteroatoms. The average molecular weight is 419 g/mol. The Morgan fingerprint density at radius 3 is 2.48 bits per heavy atom. The molecule has 3 rings (SSSR count). The molecule has 0 fully saturated rings. The number of nitrogens with zero attached hydrogens (tertiary/aromatic N) is 2. The van der Waals surface area contributed by atoms with Crippen LogP contribution in [0.3, 0.4) is 0 Å². The van der Waals surface area contributed by atoms with Crippen LogP contribution in [0.2, 0.25) is 0 Å². The van der Waals surface area contributed by atoms with Crippen LogP contribution in [0.1, 0.15) is 15.9 Å². The predicted molar refractivity (Wildman–Crippen MR) is 114 cm³/mol. The lowest BCUT2D eigenvalue weighted by Crippen LogP contribution is -2.30. The van der Waals surface area contributed by atoms with Gasteiger partial charge < -0.3 is 19.7 Å². The van der Waals surface area contributed by atoms with E-state index in [2.05, 4.69) is 10.3 Å². The first-order valence-corrected chi connectivity index (χ1v) is 9.38. The highest BCUT2D eigenvalue weighted by atomic mass is 16.5. The Morgan fingerprint density at radius 1 is 1.00 bits per heavy atom. The number of hydrogen-bond donors (Lipinski definition) is 1. The molecule has 2 aromatic rings. The molecule has 1 aromatic heterocycles. The normalized spacial score (nSPS) is 12.9. The summed E-state index contributed by atoms with van der Waals surface area (Å²) in [5.74, 6) is -1.81. The first kappa shape index (κ1) is 21.5. The first-order valence-electron chi connectivity index (χ1n) is 9.38. The van der Waals surface area contributed by atoms with Gasteiger partial charge in [0.25, 0.3) is 5.91 Å². The Bertz CT molecular complexity index is 1070. The number of nitrogens with one attached hydrogen (secondary N) is 1. The summed E-state index contributed by atoms with van der Waals surface area (Å²) in [6, 6.07) is 10.4. The number of carbonyl (C=O) groups excluding carboxylic acids is 3. The molecule has 1 amide bonds. The lowest BCUT2D eigenvalue weighted by atomic mass is 10.1. The van der Waals surface area contributed by atoms with Crippen LogP contribution in [-0.4, -0.2) is 37.0 Å². The van der Waals surface area contributed by atoms with E-state index < -0.39 is 11.9 Å². The molecule has 1 N–H and O–H groups in total. The van der Waals surface area contributed by atoms with Gasteiger partial charge in [0.05, 0.1) is 31.0 Å². The number of methoxy groups -OCH3 is 2. The van der Waals surface area contributed by atoms with Crippen LogP contribution in [-0.2, 0) is 25.6 Å². The zero-order valence-corrected chi connectivity index (χ0v) is 17.1. The number of rotatable bonds is 6. The SMILES string of the molecule is COC(=O)C1=C(C(=O)OC)N(c2ccccc2C(=O)NCc2cccnc2)C=CC=C1. The third-order valence-corrected chi connectivity index (χ3v) is 4.47. The Labute approximate surface area is 179 Å². The third-order valence-electron chi connectivity index (χ3n) is 4.47. The lowest BCUT2D eigenvalue weighted by Gasteiger charge is -2.25. The first-order chi connectivity index (χ1) is 15.1. The molecule has 2 heterocycles. The standard InChI is InChI=1S/C23H21N3O5/c1-30-22(28)18-10-5-6-13-26(20(18)23(29)31-2)19-11-4-3-9-17(19)21(27)25-15-16-8-7-12-24-14-16/h3-14H,15H2,1-2H3,(H,25,27). The number of benzene rings is 1. The number of pyridine rings is 1. The number of amides is 1. The second kappa shape index (κ2) is 10.0. The molecule has 0 atom stereocenters. The summed E-state index contributed by atoms with van der Waals surface area (Å²) in [5, 5.41) is 2.84. The zero-order valence-electron chi connectivity index (χ0n) is 17.1. The van der Waals surface area contributed by atoms with Crippen molar-refractivity contribution in [1.29, 1.82) is 0 Å². The van der Waals surface area contributed by atoms with Crippen LogP contribution in [0.25, 0.3) is 0 Å². The summed E-state index contributed by atoms with van der Waals surface area (Å²) in [7, 11) is 2.44. The van der Waals surface area contributed by atoms with Crippen molar-refractivity contribution in [2.24, 2.45) is 0 Å². The number of carbonyl (C=O) groups is 3. The van der Waals surface area contributed by atoms with Crippen molar-refractivity contribution in [3.63, 3.8) is 0 Å². The van der Waals surface area contributed by atoms with Gasteiger partial charge in [-0.25, -0.2) is 9.59 Å². The fourth-order valence-electron chi connectivity index (χ4n) is 3.01. The molecule has 1 aromatic carbocycles. The molecule has 31 heavy (non-hydrogen) atoms. The molecule has 0 spiro atoms. The molecule has 0 saturated heterocycles. The fourth-order valence-corrected chi connectivity index (χ4v) is 3.01. The quantitative estimate of drug-likeness (QED) is 0.719. The van der Waals surface area contributed by atoms with Crippen LogP contribution < -0.4 is 10.2 Å². The molecule has 8 nitrogen and oxygen atoms in total. The number of anilines is 1. The van der Waals surface area contributed by atoms with Crippen LogP contribution in [0, 0.1) is 0 Å². The van der Waals surface area contributed by atoms with E-state index in [1.165, 1.54) is 25.2 Å². The van der Waals surface area contributed by atoms with Crippen molar-refractivity contribution >= 4 is 23.5 Å². The van der Waals surface area contributed by atoms with Gasteiger partial charge in [-0.1, -0.05) is 24.3 Å². The second-order valence-corrected chi connectivity index (χ2v) is 6.38. The van der Waals surface area contributed by atoms with Crippen LogP contribution >= 0.6 is 0 Å².